The first-order valence-corrected chi connectivity index (χ1v) is 23.9. The van der Waals surface area contributed by atoms with Crippen molar-refractivity contribution in [3.05, 3.63) is 206 Å². The monoisotopic (exact) mass is 874 g/mol. The largest absolute Gasteiger partial charge is 0.277 e. The van der Waals surface area contributed by atoms with Crippen molar-refractivity contribution in [3.63, 3.8) is 0 Å². The van der Waals surface area contributed by atoms with Gasteiger partial charge in [-0.05, 0) is 66.7 Å². The van der Waals surface area contributed by atoms with Crippen molar-refractivity contribution < 1.29 is 0 Å². The lowest BCUT2D eigenvalue weighted by molar-refractivity contribution is 0.956. The average molecular weight is 875 g/mol. The fourth-order valence-electron chi connectivity index (χ4n) is 10.3. The molecule has 14 aromatic rings. The van der Waals surface area contributed by atoms with Gasteiger partial charge in [-0.2, -0.15) is 9.97 Å². The quantitative estimate of drug-likeness (QED) is 0.165. The van der Waals surface area contributed by atoms with Crippen LogP contribution in [0.5, 0.6) is 0 Å². The zero-order valence-electron chi connectivity index (χ0n) is 37.0. The number of thiophene rings is 1. The Morgan fingerprint density at radius 1 is 0.373 bits per heavy atom. The lowest BCUT2D eigenvalue weighted by atomic mass is 9.95. The number of hydrogen-bond donors (Lipinski definition) is 0. The van der Waals surface area contributed by atoms with E-state index in [2.05, 4.69) is 225 Å². The van der Waals surface area contributed by atoms with Crippen LogP contribution in [0.1, 0.15) is 20.3 Å². The van der Waals surface area contributed by atoms with Gasteiger partial charge in [0, 0.05) is 58.6 Å². The number of hydrogen-bond acceptors (Lipinski definition) is 4. The summed E-state index contributed by atoms with van der Waals surface area (Å²) in [5.74, 6) is 1.81. The van der Waals surface area contributed by atoms with E-state index < -0.39 is 0 Å². The highest BCUT2D eigenvalue weighted by Gasteiger charge is 2.25. The van der Waals surface area contributed by atoms with Crippen LogP contribution in [-0.2, 0) is 0 Å². The molecule has 14 rings (SSSR count). The maximum absolute atomic E-state index is 5.54. The molecule has 0 atom stereocenters. The summed E-state index contributed by atoms with van der Waals surface area (Å²) in [7, 11) is 0. The summed E-state index contributed by atoms with van der Waals surface area (Å²) >= 11 is 1.87. The van der Waals surface area contributed by atoms with Crippen molar-refractivity contribution in [3.8, 4) is 39.9 Å². The molecule has 0 N–H and O–H groups in total. The van der Waals surface area contributed by atoms with Crippen LogP contribution in [0, 0.1) is 0 Å². The van der Waals surface area contributed by atoms with E-state index in [1.807, 2.05) is 11.3 Å². The second-order valence-corrected chi connectivity index (χ2v) is 18.5. The number of aromatic nitrogens is 4. The summed E-state index contributed by atoms with van der Waals surface area (Å²) in [6.45, 7) is 4.25. The van der Waals surface area contributed by atoms with Crippen LogP contribution in [0.25, 0.3) is 136 Å². The zero-order valence-corrected chi connectivity index (χ0v) is 37.9. The van der Waals surface area contributed by atoms with Crippen molar-refractivity contribution in [2.45, 2.75) is 20.3 Å². The average Bonchev–Trinajstić information content (AvgIpc) is 3.96. The van der Waals surface area contributed by atoms with Crippen LogP contribution in [0.3, 0.4) is 0 Å². The molecule has 5 heteroatoms. The molecule has 0 aliphatic carbocycles. The summed E-state index contributed by atoms with van der Waals surface area (Å²) in [5.41, 5.74) is 6.32. The molecule has 3 aromatic heterocycles. The summed E-state index contributed by atoms with van der Waals surface area (Å²) < 4.78 is 4.90. The highest BCUT2D eigenvalue weighted by molar-refractivity contribution is 7.26. The molecule has 0 aliphatic rings. The topological polar surface area (TPSA) is 43.6 Å². The van der Waals surface area contributed by atoms with E-state index in [9.17, 15) is 0 Å². The van der Waals surface area contributed by atoms with E-state index in [-0.39, 0.29) is 0 Å². The minimum Gasteiger partial charge on any atom is -0.277 e. The molecule has 11 aromatic carbocycles. The minimum atomic E-state index is 0.573. The third-order valence-electron chi connectivity index (χ3n) is 13.2. The molecule has 3 heterocycles. The number of benzene rings is 11. The molecule has 0 bridgehead atoms. The van der Waals surface area contributed by atoms with Crippen molar-refractivity contribution >= 4 is 107 Å². The van der Waals surface area contributed by atoms with Gasteiger partial charge < -0.3 is 0 Å². The molecule has 0 saturated heterocycles. The Bertz CT molecular complexity index is 4200. The SMILES string of the molecule is CCC.c1ccc2cc(-c3nc(-c4ccc5ccccc5c4)nc(-n4c5c(-c6cccc7c6sc6ccc8ccccc8c67)cccc5c5c6ccccc6c6ccccc6c54)n3)ccc2c1. The van der Waals surface area contributed by atoms with E-state index in [0.29, 0.717) is 17.6 Å². The van der Waals surface area contributed by atoms with Gasteiger partial charge in [0.15, 0.2) is 11.6 Å². The van der Waals surface area contributed by atoms with Crippen molar-refractivity contribution in [1.82, 2.24) is 19.5 Å². The highest BCUT2D eigenvalue weighted by atomic mass is 32.1. The maximum atomic E-state index is 5.54. The molecule has 0 spiro atoms. The molecule has 67 heavy (non-hydrogen) atoms. The first-order chi connectivity index (χ1) is 33.1. The second-order valence-electron chi connectivity index (χ2n) is 17.4. The minimum absolute atomic E-state index is 0.573. The molecule has 316 valence electrons. The zero-order chi connectivity index (χ0) is 44.6. The molecular formula is C62H42N4S. The van der Waals surface area contributed by atoms with Gasteiger partial charge in [-0.1, -0.05) is 208 Å². The Morgan fingerprint density at radius 3 is 1.52 bits per heavy atom. The molecule has 0 radical (unpaired) electrons. The summed E-state index contributed by atoms with van der Waals surface area (Å²) in [4.78, 5) is 16.4. The second kappa shape index (κ2) is 15.7. The molecular weight excluding hydrogens is 833 g/mol. The molecule has 0 unspecified atom stereocenters. The van der Waals surface area contributed by atoms with Gasteiger partial charge in [0.1, 0.15) is 0 Å². The number of para-hydroxylation sites is 1. The van der Waals surface area contributed by atoms with Gasteiger partial charge in [-0.3, -0.25) is 4.57 Å². The van der Waals surface area contributed by atoms with Gasteiger partial charge >= 0.3 is 0 Å². The fourth-order valence-corrected chi connectivity index (χ4v) is 11.5. The van der Waals surface area contributed by atoms with E-state index in [1.165, 1.54) is 75.2 Å². The van der Waals surface area contributed by atoms with E-state index >= 15 is 0 Å². The summed E-state index contributed by atoms with van der Waals surface area (Å²) in [5, 5.41) is 16.8. The summed E-state index contributed by atoms with van der Waals surface area (Å²) in [6, 6.07) is 74.4. The molecule has 4 nitrogen and oxygen atoms in total. The predicted molar refractivity (Wildman–Crippen MR) is 287 cm³/mol. The van der Waals surface area contributed by atoms with Crippen LogP contribution < -0.4 is 0 Å². The first-order valence-electron chi connectivity index (χ1n) is 23.1. The lowest BCUT2D eigenvalue weighted by Crippen LogP contribution is -2.07. The Hall–Kier alpha value is -8.25. The van der Waals surface area contributed by atoms with Crippen LogP contribution >= 0.6 is 11.3 Å². The van der Waals surface area contributed by atoms with E-state index in [4.69, 9.17) is 15.0 Å². The van der Waals surface area contributed by atoms with E-state index in [0.717, 1.165) is 49.3 Å². The number of nitrogens with zero attached hydrogens (tertiary/aromatic N) is 4. The fraction of sp³-hybridized carbons (Fsp3) is 0.0484. The van der Waals surface area contributed by atoms with Crippen molar-refractivity contribution in [1.29, 1.82) is 0 Å². The van der Waals surface area contributed by atoms with Gasteiger partial charge in [0.25, 0.3) is 0 Å². The Kier molecular flexibility index (Phi) is 9.19. The smallest absolute Gasteiger partial charge is 0.238 e. The number of fused-ring (bicyclic) bond motifs is 15. The Labute approximate surface area is 391 Å². The van der Waals surface area contributed by atoms with Gasteiger partial charge in [0.05, 0.1) is 11.0 Å². The Balaban J connectivity index is 0.00000145. The predicted octanol–water partition coefficient (Wildman–Crippen LogP) is 17.5. The van der Waals surface area contributed by atoms with Crippen molar-refractivity contribution in [2.24, 2.45) is 0 Å². The summed E-state index contributed by atoms with van der Waals surface area (Å²) in [6.07, 6.45) is 1.25. The van der Waals surface area contributed by atoms with Crippen LogP contribution in [0.2, 0.25) is 0 Å². The van der Waals surface area contributed by atoms with Gasteiger partial charge in [-0.25, -0.2) is 4.98 Å². The normalized spacial score (nSPS) is 11.8. The van der Waals surface area contributed by atoms with Gasteiger partial charge in [-0.15, -0.1) is 11.3 Å². The molecule has 0 aliphatic heterocycles. The van der Waals surface area contributed by atoms with E-state index in [1.54, 1.807) is 0 Å². The third-order valence-corrected chi connectivity index (χ3v) is 14.4. The van der Waals surface area contributed by atoms with Gasteiger partial charge in [0.2, 0.25) is 5.95 Å². The Morgan fingerprint density at radius 2 is 0.866 bits per heavy atom. The third kappa shape index (κ3) is 6.23. The van der Waals surface area contributed by atoms with Crippen molar-refractivity contribution in [2.75, 3.05) is 0 Å². The van der Waals surface area contributed by atoms with Crippen LogP contribution in [-0.4, -0.2) is 19.5 Å². The molecule has 0 saturated carbocycles. The van der Waals surface area contributed by atoms with Crippen LogP contribution in [0.4, 0.5) is 0 Å². The maximum Gasteiger partial charge on any atom is 0.238 e. The lowest BCUT2D eigenvalue weighted by Gasteiger charge is -2.15. The molecule has 0 amide bonds. The van der Waals surface area contributed by atoms with Crippen LogP contribution in [0.15, 0.2) is 206 Å². The number of rotatable bonds is 4. The first kappa shape index (κ1) is 39.1. The molecule has 0 fully saturated rings. The highest BCUT2D eigenvalue weighted by Crippen LogP contribution is 2.48. The standard InChI is InChI=1S/C59H34N4S.C3H8/c1-3-16-38-33-40(29-27-35(38)13-1)57-60-58(41-30-28-36-14-2-4-17-39(36)34-41)62-59(61-57)63-54-47(48-24-12-26-50-52-42-18-6-5-15-37(42)31-32-51(52)64-56(48)50)23-11-25-49(54)53-45-21-9-7-19-43(45)44-20-8-10-22-46(44)55(53)63;1-3-2/h1-34H;3H2,1-2H3.